The van der Waals surface area contributed by atoms with Crippen LogP contribution >= 0.6 is 11.3 Å². The summed E-state index contributed by atoms with van der Waals surface area (Å²) in [7, 11) is 1.78. The summed E-state index contributed by atoms with van der Waals surface area (Å²) in [5, 5.41) is 27.8. The highest BCUT2D eigenvalue weighted by atomic mass is 32.1. The zero-order valence-electron chi connectivity index (χ0n) is 22.1. The SMILES string of the molecule is CCN1C(=O)c2c(O)c(=O)c(-c3nnc(Cc4ccc(F)cc4F)s3)cn2N(C)C12CCC(c1n[nH]c(=O)o1)CC2. The Hall–Kier alpha value is -4.40. The second kappa shape index (κ2) is 9.90. The van der Waals surface area contributed by atoms with Gasteiger partial charge in [-0.3, -0.25) is 19.3 Å². The molecule has 1 aliphatic heterocycles. The number of H-pyrrole nitrogens is 1. The number of rotatable bonds is 5. The first-order valence-corrected chi connectivity index (χ1v) is 13.8. The highest BCUT2D eigenvalue weighted by Crippen LogP contribution is 2.44. The molecule has 1 amide bonds. The smallest absolute Gasteiger partial charge is 0.434 e. The van der Waals surface area contributed by atoms with Crippen molar-refractivity contribution in [1.82, 2.24) is 30.0 Å². The zero-order chi connectivity index (χ0) is 29.1. The number of carbonyl (C=O) groups is 1. The Morgan fingerprint density at radius 2 is 1.95 bits per heavy atom. The third-order valence-corrected chi connectivity index (χ3v) is 8.96. The number of hydrogen-bond donors (Lipinski definition) is 2. The molecular formula is C26H25F2N7O5S. The van der Waals surface area contributed by atoms with E-state index in [4.69, 9.17) is 4.42 Å². The Morgan fingerprint density at radius 1 is 1.20 bits per heavy atom. The molecule has 1 fully saturated rings. The van der Waals surface area contributed by atoms with Gasteiger partial charge in [0.15, 0.2) is 16.5 Å². The lowest BCUT2D eigenvalue weighted by atomic mass is 9.79. The van der Waals surface area contributed by atoms with Crippen LogP contribution < -0.4 is 16.2 Å². The molecule has 15 heteroatoms. The minimum absolute atomic E-state index is 0.0290. The molecule has 4 heterocycles. The summed E-state index contributed by atoms with van der Waals surface area (Å²) in [5.41, 5.74) is -1.47. The molecule has 1 saturated carbocycles. The fraction of sp³-hybridized carbons (Fsp3) is 0.385. The molecule has 41 heavy (non-hydrogen) atoms. The van der Waals surface area contributed by atoms with Gasteiger partial charge in [-0.2, -0.15) is 0 Å². The first kappa shape index (κ1) is 26.8. The average Bonchev–Trinajstić information content (AvgIpc) is 3.60. The molecule has 12 nitrogen and oxygen atoms in total. The van der Waals surface area contributed by atoms with Gasteiger partial charge in [0.2, 0.25) is 11.3 Å². The largest absolute Gasteiger partial charge is 0.502 e. The van der Waals surface area contributed by atoms with Crippen molar-refractivity contribution in [3.8, 4) is 16.3 Å². The Bertz CT molecular complexity index is 1770. The summed E-state index contributed by atoms with van der Waals surface area (Å²) in [6.07, 6.45) is 3.68. The van der Waals surface area contributed by atoms with Crippen LogP contribution in [0.25, 0.3) is 10.6 Å². The van der Waals surface area contributed by atoms with Crippen molar-refractivity contribution in [3.05, 3.63) is 79.0 Å². The van der Waals surface area contributed by atoms with E-state index in [9.17, 15) is 28.3 Å². The van der Waals surface area contributed by atoms with E-state index in [1.807, 2.05) is 11.9 Å². The number of aromatic hydroxyl groups is 1. The first-order chi connectivity index (χ1) is 19.6. The van der Waals surface area contributed by atoms with E-state index in [-0.39, 0.29) is 34.2 Å². The maximum Gasteiger partial charge on any atom is 0.434 e. The Kier molecular flexibility index (Phi) is 6.47. The second-order valence-electron chi connectivity index (χ2n) is 10.1. The number of nitrogens with zero attached hydrogens (tertiary/aromatic N) is 6. The molecule has 3 aromatic heterocycles. The molecular weight excluding hydrogens is 560 g/mol. The molecule has 0 atom stereocenters. The number of pyridine rings is 1. The van der Waals surface area contributed by atoms with Crippen molar-refractivity contribution >= 4 is 17.2 Å². The average molecular weight is 586 g/mol. The van der Waals surface area contributed by atoms with Gasteiger partial charge >= 0.3 is 5.76 Å². The number of aromatic amines is 1. The van der Waals surface area contributed by atoms with Crippen LogP contribution in [0.5, 0.6) is 5.75 Å². The van der Waals surface area contributed by atoms with Crippen LogP contribution in [-0.2, 0) is 6.42 Å². The van der Waals surface area contributed by atoms with Gasteiger partial charge in [0.1, 0.15) is 22.3 Å². The van der Waals surface area contributed by atoms with Crippen LogP contribution in [0.1, 0.15) is 65.5 Å². The van der Waals surface area contributed by atoms with Crippen LogP contribution in [0.4, 0.5) is 8.78 Å². The maximum atomic E-state index is 14.2. The predicted molar refractivity (Wildman–Crippen MR) is 142 cm³/mol. The van der Waals surface area contributed by atoms with Crippen LogP contribution in [-0.4, -0.2) is 60.2 Å². The summed E-state index contributed by atoms with van der Waals surface area (Å²) in [6.45, 7) is 2.17. The van der Waals surface area contributed by atoms with Crippen molar-refractivity contribution < 1.29 is 23.1 Å². The van der Waals surface area contributed by atoms with Crippen LogP contribution in [0.15, 0.2) is 38.4 Å². The number of amides is 1. The predicted octanol–water partition coefficient (Wildman–Crippen LogP) is 2.72. The molecule has 2 N–H and O–H groups in total. The van der Waals surface area contributed by atoms with E-state index < -0.39 is 40.1 Å². The van der Waals surface area contributed by atoms with Gasteiger partial charge in [-0.05, 0) is 44.2 Å². The molecule has 0 radical (unpaired) electrons. The van der Waals surface area contributed by atoms with Crippen LogP contribution in [0.2, 0.25) is 0 Å². The summed E-state index contributed by atoms with van der Waals surface area (Å²) in [5.74, 6) is -3.00. The van der Waals surface area contributed by atoms with Gasteiger partial charge in [-0.25, -0.2) is 18.7 Å². The molecule has 0 saturated heterocycles. The lowest BCUT2D eigenvalue weighted by Crippen LogP contribution is -2.70. The van der Waals surface area contributed by atoms with E-state index in [0.29, 0.717) is 43.1 Å². The number of halogens is 2. The van der Waals surface area contributed by atoms with Gasteiger partial charge in [0.25, 0.3) is 5.91 Å². The summed E-state index contributed by atoms with van der Waals surface area (Å²) >= 11 is 1.03. The molecule has 1 spiro atoms. The minimum atomic E-state index is -0.781. The van der Waals surface area contributed by atoms with Crippen molar-refractivity contribution in [3.63, 3.8) is 0 Å². The molecule has 0 bridgehead atoms. The van der Waals surface area contributed by atoms with E-state index in [1.165, 1.54) is 16.9 Å². The maximum absolute atomic E-state index is 14.2. The van der Waals surface area contributed by atoms with Gasteiger partial charge in [-0.15, -0.1) is 15.3 Å². The summed E-state index contributed by atoms with van der Waals surface area (Å²) < 4.78 is 34.1. The second-order valence-corrected chi connectivity index (χ2v) is 11.2. The molecule has 0 unspecified atom stereocenters. The fourth-order valence-electron chi connectivity index (χ4n) is 5.91. The lowest BCUT2D eigenvalue weighted by Gasteiger charge is -2.56. The summed E-state index contributed by atoms with van der Waals surface area (Å²) in [6, 6.07) is 3.25. The molecule has 1 aromatic carbocycles. The van der Waals surface area contributed by atoms with Crippen molar-refractivity contribution in [1.29, 1.82) is 0 Å². The first-order valence-electron chi connectivity index (χ1n) is 13.0. The van der Waals surface area contributed by atoms with E-state index in [0.717, 1.165) is 23.5 Å². The molecule has 2 aliphatic rings. The number of fused-ring (bicyclic) bond motifs is 1. The normalized spacial score (nSPS) is 20.6. The van der Waals surface area contributed by atoms with Gasteiger partial charge in [0.05, 0.1) is 5.56 Å². The van der Waals surface area contributed by atoms with Gasteiger partial charge in [-0.1, -0.05) is 17.4 Å². The Morgan fingerprint density at radius 3 is 2.61 bits per heavy atom. The minimum Gasteiger partial charge on any atom is -0.502 e. The Balaban J connectivity index is 1.35. The number of carbonyl (C=O) groups excluding carboxylic acids is 1. The quantitative estimate of drug-likeness (QED) is 0.360. The highest BCUT2D eigenvalue weighted by Gasteiger charge is 2.51. The molecule has 214 valence electrons. The standard InChI is InChI=1S/C26H25F2N7O5S/c1-3-34-24(38)19-21(37)20(36)16(23-31-29-18(41-23)10-14-4-5-15(27)11-17(14)28)12-35(19)33(2)26(34)8-6-13(7-9-26)22-30-32-25(39)40-22/h4-5,11-13,37H,3,6-10H2,1-2H3,(H,32,39). The third kappa shape index (κ3) is 4.31. The van der Waals surface area contributed by atoms with Crippen molar-refractivity contribution in [2.24, 2.45) is 0 Å². The summed E-state index contributed by atoms with van der Waals surface area (Å²) in [4.78, 5) is 40.1. The van der Waals surface area contributed by atoms with Gasteiger partial charge < -0.3 is 14.4 Å². The number of nitrogens with one attached hydrogen (secondary N) is 1. The number of benzene rings is 1. The van der Waals surface area contributed by atoms with E-state index >= 15 is 0 Å². The fourth-order valence-corrected chi connectivity index (χ4v) is 6.78. The third-order valence-electron chi connectivity index (χ3n) is 8.00. The van der Waals surface area contributed by atoms with Gasteiger partial charge in [0, 0.05) is 38.2 Å². The number of aromatic nitrogens is 5. The lowest BCUT2D eigenvalue weighted by molar-refractivity contribution is 0.0109. The van der Waals surface area contributed by atoms with Crippen LogP contribution in [0, 0.1) is 11.6 Å². The molecule has 1 aliphatic carbocycles. The Labute approximate surface area is 234 Å². The molecule has 6 rings (SSSR count). The molecule has 4 aromatic rings. The highest BCUT2D eigenvalue weighted by molar-refractivity contribution is 7.14. The topological polar surface area (TPSA) is 150 Å². The van der Waals surface area contributed by atoms with E-state index in [2.05, 4.69) is 20.4 Å². The zero-order valence-corrected chi connectivity index (χ0v) is 22.9. The van der Waals surface area contributed by atoms with Crippen molar-refractivity contribution in [2.45, 2.75) is 50.6 Å². The number of hydrogen-bond acceptors (Lipinski definition) is 10. The monoisotopic (exact) mass is 585 g/mol. The van der Waals surface area contributed by atoms with Crippen LogP contribution in [0.3, 0.4) is 0 Å². The van der Waals surface area contributed by atoms with E-state index in [1.54, 1.807) is 11.9 Å². The van der Waals surface area contributed by atoms with Crippen molar-refractivity contribution in [2.75, 3.05) is 18.6 Å².